The lowest BCUT2D eigenvalue weighted by Gasteiger charge is -2.26. The molecular weight excluding hydrogens is 292 g/mol. The van der Waals surface area contributed by atoms with Crippen molar-refractivity contribution in [2.75, 3.05) is 13.6 Å². The van der Waals surface area contributed by atoms with E-state index in [1.807, 2.05) is 27.0 Å². The van der Waals surface area contributed by atoms with Crippen molar-refractivity contribution >= 4 is 21.4 Å². The number of nitrogens with zero attached hydrogens (tertiary/aromatic N) is 1. The second-order valence-electron chi connectivity index (χ2n) is 5.31. The Hall–Kier alpha value is -0.430. The Labute approximate surface area is 126 Å². The average molecular weight is 316 g/mol. The molecule has 1 N–H and O–H groups in total. The van der Waals surface area contributed by atoms with Gasteiger partial charge in [-0.2, -0.15) is 4.31 Å². The summed E-state index contributed by atoms with van der Waals surface area (Å²) >= 11 is 1.57. The predicted molar refractivity (Wildman–Crippen MR) is 83.6 cm³/mol. The molecule has 1 aliphatic carbocycles. The molecule has 20 heavy (non-hydrogen) atoms. The second kappa shape index (κ2) is 6.56. The van der Waals surface area contributed by atoms with Crippen LogP contribution in [-0.2, 0) is 16.6 Å². The lowest BCUT2D eigenvalue weighted by molar-refractivity contribution is 0.335. The molecule has 1 fully saturated rings. The summed E-state index contributed by atoms with van der Waals surface area (Å²) < 4.78 is 27.5. The predicted octanol–water partition coefficient (Wildman–Crippen LogP) is 2.73. The van der Waals surface area contributed by atoms with Gasteiger partial charge in [-0.15, -0.1) is 11.3 Å². The Kier molecular flexibility index (Phi) is 5.23. The van der Waals surface area contributed by atoms with Crippen molar-refractivity contribution in [3.8, 4) is 0 Å². The first-order valence-corrected chi connectivity index (χ1v) is 9.52. The van der Waals surface area contributed by atoms with Crippen molar-refractivity contribution in [3.63, 3.8) is 0 Å². The Morgan fingerprint density at radius 2 is 2.05 bits per heavy atom. The van der Waals surface area contributed by atoms with Gasteiger partial charge in [0.15, 0.2) is 0 Å². The van der Waals surface area contributed by atoms with Crippen LogP contribution in [0.1, 0.15) is 42.4 Å². The van der Waals surface area contributed by atoms with Gasteiger partial charge in [0, 0.05) is 28.9 Å². The molecule has 1 heterocycles. The number of hydrogen-bond acceptors (Lipinski definition) is 4. The van der Waals surface area contributed by atoms with Gasteiger partial charge in [0.05, 0.1) is 4.90 Å². The van der Waals surface area contributed by atoms with Crippen molar-refractivity contribution in [1.29, 1.82) is 0 Å². The number of sulfonamides is 1. The van der Waals surface area contributed by atoms with Crippen LogP contribution in [0.15, 0.2) is 11.0 Å². The van der Waals surface area contributed by atoms with E-state index in [0.717, 1.165) is 42.0 Å². The van der Waals surface area contributed by atoms with Crippen LogP contribution < -0.4 is 5.32 Å². The molecule has 0 unspecified atom stereocenters. The Balaban J connectivity index is 2.32. The molecule has 1 aromatic heterocycles. The molecule has 0 bridgehead atoms. The number of aryl methyl sites for hydroxylation is 1. The van der Waals surface area contributed by atoms with Crippen molar-refractivity contribution in [2.24, 2.45) is 0 Å². The molecule has 0 radical (unpaired) electrons. The minimum atomic E-state index is -3.35. The smallest absolute Gasteiger partial charge is 0.244 e. The highest BCUT2D eigenvalue weighted by atomic mass is 32.2. The molecule has 1 aromatic rings. The first-order valence-electron chi connectivity index (χ1n) is 7.26. The van der Waals surface area contributed by atoms with Crippen molar-refractivity contribution < 1.29 is 8.42 Å². The Morgan fingerprint density at radius 3 is 2.60 bits per heavy atom. The van der Waals surface area contributed by atoms with Gasteiger partial charge in [-0.1, -0.05) is 19.8 Å². The summed E-state index contributed by atoms with van der Waals surface area (Å²) in [5.41, 5.74) is 0. The molecule has 4 nitrogen and oxygen atoms in total. The fourth-order valence-electron chi connectivity index (χ4n) is 2.98. The van der Waals surface area contributed by atoms with E-state index in [-0.39, 0.29) is 6.04 Å². The highest BCUT2D eigenvalue weighted by molar-refractivity contribution is 7.89. The SMILES string of the molecule is CCN(C1CCCC1)S(=O)(=O)c1cc(CNC)sc1C. The average Bonchev–Trinajstić information content (AvgIpc) is 3.00. The van der Waals surface area contributed by atoms with Gasteiger partial charge in [-0.25, -0.2) is 8.42 Å². The van der Waals surface area contributed by atoms with Gasteiger partial charge in [0.25, 0.3) is 0 Å². The summed E-state index contributed by atoms with van der Waals surface area (Å²) in [5, 5.41) is 3.08. The first-order chi connectivity index (χ1) is 9.50. The molecule has 0 spiro atoms. The highest BCUT2D eigenvalue weighted by Gasteiger charge is 2.33. The normalized spacial score (nSPS) is 17.2. The van der Waals surface area contributed by atoms with Crippen LogP contribution in [0, 0.1) is 6.92 Å². The summed E-state index contributed by atoms with van der Waals surface area (Å²) in [6, 6.07) is 2.03. The summed E-state index contributed by atoms with van der Waals surface area (Å²) in [7, 11) is -1.47. The number of thiophene rings is 1. The van der Waals surface area contributed by atoms with E-state index >= 15 is 0 Å². The van der Waals surface area contributed by atoms with E-state index in [1.165, 1.54) is 0 Å². The van der Waals surface area contributed by atoms with Crippen molar-refractivity contribution in [3.05, 3.63) is 15.8 Å². The zero-order valence-electron chi connectivity index (χ0n) is 12.5. The standard InChI is InChI=1S/C14H24N2O2S2/c1-4-16(12-7-5-6-8-12)20(17,18)14-9-13(10-15-3)19-11(14)2/h9,12,15H,4-8,10H2,1-3H3. The molecule has 1 aliphatic rings. The van der Waals surface area contributed by atoms with Gasteiger partial charge in [0.1, 0.15) is 0 Å². The van der Waals surface area contributed by atoms with Crippen molar-refractivity contribution in [1.82, 2.24) is 9.62 Å². The lowest BCUT2D eigenvalue weighted by Crippen LogP contribution is -2.38. The molecule has 6 heteroatoms. The third kappa shape index (κ3) is 3.08. The molecule has 0 amide bonds. The Bertz CT molecular complexity index is 546. The molecule has 114 valence electrons. The van der Waals surface area contributed by atoms with Gasteiger partial charge in [0.2, 0.25) is 10.0 Å². The topological polar surface area (TPSA) is 49.4 Å². The molecule has 0 atom stereocenters. The molecule has 0 aromatic carbocycles. The third-order valence-corrected chi connectivity index (χ3v) is 7.24. The molecule has 0 saturated heterocycles. The quantitative estimate of drug-likeness (QED) is 0.878. The van der Waals surface area contributed by atoms with E-state index in [2.05, 4.69) is 5.32 Å². The van der Waals surface area contributed by atoms with Crippen molar-refractivity contribution in [2.45, 2.75) is 57.0 Å². The van der Waals surface area contributed by atoms with E-state index in [1.54, 1.807) is 15.6 Å². The van der Waals surface area contributed by atoms with Gasteiger partial charge in [-0.05, 0) is 32.9 Å². The summed E-state index contributed by atoms with van der Waals surface area (Å²) in [6.07, 6.45) is 4.29. The van der Waals surface area contributed by atoms with Gasteiger partial charge >= 0.3 is 0 Å². The van der Waals surface area contributed by atoms with Crippen LogP contribution in [0.5, 0.6) is 0 Å². The maximum absolute atomic E-state index is 12.9. The van der Waals surface area contributed by atoms with Crippen LogP contribution in [0.2, 0.25) is 0 Å². The largest absolute Gasteiger partial charge is 0.315 e. The maximum atomic E-state index is 12.9. The molecular formula is C14H24N2O2S2. The first kappa shape index (κ1) is 15.9. The summed E-state index contributed by atoms with van der Waals surface area (Å²) in [4.78, 5) is 2.47. The maximum Gasteiger partial charge on any atom is 0.244 e. The van der Waals surface area contributed by atoms with Crippen LogP contribution in [0.25, 0.3) is 0 Å². The van der Waals surface area contributed by atoms with Crippen LogP contribution >= 0.6 is 11.3 Å². The molecule has 0 aliphatic heterocycles. The zero-order valence-corrected chi connectivity index (χ0v) is 14.1. The van der Waals surface area contributed by atoms with Gasteiger partial charge in [-0.3, -0.25) is 0 Å². The van der Waals surface area contributed by atoms with E-state index in [4.69, 9.17) is 0 Å². The van der Waals surface area contributed by atoms with E-state index in [9.17, 15) is 8.42 Å². The van der Waals surface area contributed by atoms with E-state index < -0.39 is 10.0 Å². The monoisotopic (exact) mass is 316 g/mol. The second-order valence-corrected chi connectivity index (χ2v) is 8.51. The highest BCUT2D eigenvalue weighted by Crippen LogP contribution is 2.32. The molecule has 2 rings (SSSR count). The van der Waals surface area contributed by atoms with Gasteiger partial charge < -0.3 is 5.32 Å². The molecule has 1 saturated carbocycles. The van der Waals surface area contributed by atoms with Crippen LogP contribution in [0.3, 0.4) is 0 Å². The number of nitrogens with one attached hydrogen (secondary N) is 1. The minimum Gasteiger partial charge on any atom is -0.315 e. The fourth-order valence-corrected chi connectivity index (χ4v) is 6.30. The summed E-state index contributed by atoms with van der Waals surface area (Å²) in [6.45, 7) is 5.12. The zero-order chi connectivity index (χ0) is 14.8. The van der Waals surface area contributed by atoms with E-state index in [0.29, 0.717) is 11.4 Å². The van der Waals surface area contributed by atoms with Crippen LogP contribution in [0.4, 0.5) is 0 Å². The minimum absolute atomic E-state index is 0.192. The number of hydrogen-bond donors (Lipinski definition) is 1. The Morgan fingerprint density at radius 1 is 1.40 bits per heavy atom. The summed E-state index contributed by atoms with van der Waals surface area (Å²) in [5.74, 6) is 0. The fraction of sp³-hybridized carbons (Fsp3) is 0.714. The lowest BCUT2D eigenvalue weighted by atomic mass is 10.2. The third-order valence-electron chi connectivity index (χ3n) is 3.90. The van der Waals surface area contributed by atoms with Crippen LogP contribution in [-0.4, -0.2) is 32.4 Å². The number of rotatable bonds is 6.